The molecule has 3 rings (SSSR count). The number of aromatic nitrogens is 2. The second kappa shape index (κ2) is 6.24. The molecule has 1 unspecified atom stereocenters. The Bertz CT molecular complexity index is 806. The van der Waals surface area contributed by atoms with Crippen LogP contribution in [-0.4, -0.2) is 10.2 Å². The molecular weight excluding hydrogens is 286 g/mol. The summed E-state index contributed by atoms with van der Waals surface area (Å²) in [7, 11) is 0. The van der Waals surface area contributed by atoms with E-state index in [4.69, 9.17) is 4.42 Å². The van der Waals surface area contributed by atoms with Crippen LogP contribution in [0, 0.1) is 20.8 Å². The summed E-state index contributed by atoms with van der Waals surface area (Å²) in [6, 6.07) is 14.3. The van der Waals surface area contributed by atoms with Crippen molar-refractivity contribution >= 4 is 5.69 Å². The van der Waals surface area contributed by atoms with Gasteiger partial charge in [-0.15, -0.1) is 10.2 Å². The Morgan fingerprint density at radius 3 is 2.30 bits per heavy atom. The predicted octanol–water partition coefficient (Wildman–Crippen LogP) is 4.83. The summed E-state index contributed by atoms with van der Waals surface area (Å²) in [5.74, 6) is 1.13. The van der Waals surface area contributed by atoms with Gasteiger partial charge < -0.3 is 9.73 Å². The lowest BCUT2D eigenvalue weighted by atomic mass is 10.1. The van der Waals surface area contributed by atoms with Crippen molar-refractivity contribution in [2.45, 2.75) is 33.7 Å². The highest BCUT2D eigenvalue weighted by Gasteiger charge is 2.15. The summed E-state index contributed by atoms with van der Waals surface area (Å²) >= 11 is 0. The quantitative estimate of drug-likeness (QED) is 0.749. The fraction of sp³-hybridized carbons (Fsp3) is 0.263. The summed E-state index contributed by atoms with van der Waals surface area (Å²) in [5, 5.41) is 11.8. The maximum Gasteiger partial charge on any atom is 0.247 e. The smallest absolute Gasteiger partial charge is 0.247 e. The van der Waals surface area contributed by atoms with Gasteiger partial charge in [0.15, 0.2) is 0 Å². The average molecular weight is 307 g/mol. The van der Waals surface area contributed by atoms with Gasteiger partial charge in [0.05, 0.1) is 0 Å². The van der Waals surface area contributed by atoms with Gasteiger partial charge in [0.2, 0.25) is 11.8 Å². The van der Waals surface area contributed by atoms with Crippen LogP contribution in [0.4, 0.5) is 5.69 Å². The highest BCUT2D eigenvalue weighted by Crippen LogP contribution is 2.25. The van der Waals surface area contributed by atoms with Crippen molar-refractivity contribution in [3.63, 3.8) is 0 Å². The molecule has 4 heteroatoms. The van der Waals surface area contributed by atoms with Crippen LogP contribution in [0.15, 0.2) is 46.9 Å². The third-order valence-corrected chi connectivity index (χ3v) is 3.86. The van der Waals surface area contributed by atoms with Gasteiger partial charge in [-0.05, 0) is 51.5 Å². The maximum atomic E-state index is 5.82. The maximum absolute atomic E-state index is 5.82. The number of anilines is 1. The van der Waals surface area contributed by atoms with E-state index in [1.54, 1.807) is 0 Å². The summed E-state index contributed by atoms with van der Waals surface area (Å²) in [6.07, 6.45) is 0. The van der Waals surface area contributed by atoms with Gasteiger partial charge in [-0.25, -0.2) is 0 Å². The normalized spacial score (nSPS) is 12.2. The van der Waals surface area contributed by atoms with E-state index in [2.05, 4.69) is 54.5 Å². The molecule has 0 saturated heterocycles. The molecule has 0 aliphatic carbocycles. The fourth-order valence-electron chi connectivity index (χ4n) is 2.49. The van der Waals surface area contributed by atoms with Crippen LogP contribution in [0.3, 0.4) is 0 Å². The molecule has 118 valence electrons. The zero-order chi connectivity index (χ0) is 16.4. The van der Waals surface area contributed by atoms with Crippen molar-refractivity contribution in [2.75, 3.05) is 5.32 Å². The molecule has 1 heterocycles. The largest absolute Gasteiger partial charge is 0.418 e. The summed E-state index contributed by atoms with van der Waals surface area (Å²) in [4.78, 5) is 0. The van der Waals surface area contributed by atoms with Crippen molar-refractivity contribution in [3.05, 3.63) is 65.0 Å². The van der Waals surface area contributed by atoms with Crippen molar-refractivity contribution in [1.29, 1.82) is 0 Å². The summed E-state index contributed by atoms with van der Waals surface area (Å²) in [5.41, 5.74) is 5.68. The molecule has 0 fully saturated rings. The molecule has 0 saturated carbocycles. The third-order valence-electron chi connectivity index (χ3n) is 3.86. The van der Waals surface area contributed by atoms with Gasteiger partial charge in [-0.2, -0.15) is 0 Å². The van der Waals surface area contributed by atoms with Crippen molar-refractivity contribution in [1.82, 2.24) is 10.2 Å². The Morgan fingerprint density at radius 2 is 1.61 bits per heavy atom. The second-order valence-electron chi connectivity index (χ2n) is 6.00. The number of benzene rings is 2. The van der Waals surface area contributed by atoms with Crippen molar-refractivity contribution in [2.24, 2.45) is 0 Å². The Morgan fingerprint density at radius 1 is 0.913 bits per heavy atom. The molecule has 0 aliphatic rings. The Labute approximate surface area is 136 Å². The predicted molar refractivity (Wildman–Crippen MR) is 92.4 cm³/mol. The molecule has 2 aromatic carbocycles. The lowest BCUT2D eigenvalue weighted by Crippen LogP contribution is -2.08. The van der Waals surface area contributed by atoms with E-state index in [0.29, 0.717) is 11.8 Å². The molecule has 1 aromatic heterocycles. The van der Waals surface area contributed by atoms with Crippen LogP contribution in [0.2, 0.25) is 0 Å². The van der Waals surface area contributed by atoms with Crippen LogP contribution < -0.4 is 5.32 Å². The molecular formula is C19H21N3O. The molecule has 3 aromatic rings. The van der Waals surface area contributed by atoms with Crippen LogP contribution >= 0.6 is 0 Å². The van der Waals surface area contributed by atoms with E-state index >= 15 is 0 Å². The Balaban J connectivity index is 1.78. The first-order valence-electron chi connectivity index (χ1n) is 7.77. The zero-order valence-corrected chi connectivity index (χ0v) is 13.9. The van der Waals surface area contributed by atoms with Crippen LogP contribution in [-0.2, 0) is 0 Å². The van der Waals surface area contributed by atoms with E-state index < -0.39 is 0 Å². The number of hydrogen-bond donors (Lipinski definition) is 1. The molecule has 0 aliphatic heterocycles. The van der Waals surface area contributed by atoms with E-state index in [9.17, 15) is 0 Å². The number of nitrogens with zero attached hydrogens (tertiary/aromatic N) is 2. The summed E-state index contributed by atoms with van der Waals surface area (Å²) in [6.45, 7) is 8.25. The fourth-order valence-corrected chi connectivity index (χ4v) is 2.49. The summed E-state index contributed by atoms with van der Waals surface area (Å²) < 4.78 is 5.82. The molecule has 23 heavy (non-hydrogen) atoms. The van der Waals surface area contributed by atoms with Gasteiger partial charge >= 0.3 is 0 Å². The van der Waals surface area contributed by atoms with Gasteiger partial charge in [-0.1, -0.05) is 35.4 Å². The second-order valence-corrected chi connectivity index (χ2v) is 6.00. The minimum Gasteiger partial charge on any atom is -0.418 e. The van der Waals surface area contributed by atoms with Crippen LogP contribution in [0.5, 0.6) is 0 Å². The highest BCUT2D eigenvalue weighted by atomic mass is 16.4. The van der Waals surface area contributed by atoms with Gasteiger partial charge in [0, 0.05) is 11.3 Å². The first-order chi connectivity index (χ1) is 11.0. The first-order valence-corrected chi connectivity index (χ1v) is 7.77. The first kappa shape index (κ1) is 15.3. The Hall–Kier alpha value is -2.62. The molecule has 0 spiro atoms. The van der Waals surface area contributed by atoms with E-state index in [-0.39, 0.29) is 6.04 Å². The minimum atomic E-state index is -0.0527. The number of rotatable bonds is 4. The van der Waals surface area contributed by atoms with Gasteiger partial charge in [0.25, 0.3) is 0 Å². The van der Waals surface area contributed by atoms with Crippen LogP contribution in [0.25, 0.3) is 11.5 Å². The van der Waals surface area contributed by atoms with Crippen molar-refractivity contribution in [3.8, 4) is 11.5 Å². The lowest BCUT2D eigenvalue weighted by Gasteiger charge is -2.14. The van der Waals surface area contributed by atoms with Crippen molar-refractivity contribution < 1.29 is 4.42 Å². The minimum absolute atomic E-state index is 0.0527. The molecule has 1 atom stereocenters. The molecule has 4 nitrogen and oxygen atoms in total. The van der Waals surface area contributed by atoms with Crippen LogP contribution in [0.1, 0.15) is 35.5 Å². The van der Waals surface area contributed by atoms with E-state index in [1.807, 2.05) is 31.2 Å². The standard InChI is InChI=1S/C19H21N3O/c1-12-5-8-16(9-6-12)19-22-21-18(23-19)15(4)20-17-10-7-13(2)11-14(17)3/h5-11,15,20H,1-4H3. The molecule has 1 N–H and O–H groups in total. The molecule has 0 amide bonds. The highest BCUT2D eigenvalue weighted by molar-refractivity contribution is 5.54. The third kappa shape index (κ3) is 3.42. The monoisotopic (exact) mass is 307 g/mol. The molecule has 0 bridgehead atoms. The average Bonchev–Trinajstić information content (AvgIpc) is 3.01. The number of hydrogen-bond acceptors (Lipinski definition) is 4. The van der Waals surface area contributed by atoms with Gasteiger partial charge in [0.1, 0.15) is 6.04 Å². The topological polar surface area (TPSA) is 51.0 Å². The van der Waals surface area contributed by atoms with E-state index in [1.165, 1.54) is 16.7 Å². The van der Waals surface area contributed by atoms with E-state index in [0.717, 1.165) is 11.3 Å². The number of nitrogens with one attached hydrogen (secondary N) is 1. The zero-order valence-electron chi connectivity index (χ0n) is 13.9. The SMILES string of the molecule is Cc1ccc(-c2nnc(C(C)Nc3ccc(C)cc3C)o2)cc1. The van der Waals surface area contributed by atoms with Gasteiger partial charge in [-0.3, -0.25) is 0 Å². The molecule has 0 radical (unpaired) electrons. The number of aryl methyl sites for hydroxylation is 3. The lowest BCUT2D eigenvalue weighted by molar-refractivity contribution is 0.485. The Kier molecular flexibility index (Phi) is 4.15.